The molecule has 5 fully saturated rings. The number of likely N-dealkylation sites (N-methyl/N-ethyl adjacent to an activating group) is 1. The Bertz CT molecular complexity index is 863. The molecule has 0 aromatic carbocycles. The van der Waals surface area contributed by atoms with Gasteiger partial charge < -0.3 is 30.0 Å². The minimum absolute atomic E-state index is 0.135. The maximum Gasteiger partial charge on any atom is 0.324 e. The summed E-state index contributed by atoms with van der Waals surface area (Å²) in [6.07, 6.45) is 4.24. The summed E-state index contributed by atoms with van der Waals surface area (Å²) in [4.78, 5) is 27.4. The van der Waals surface area contributed by atoms with Crippen LogP contribution in [0.3, 0.4) is 0 Å². The fourth-order valence-electron chi connectivity index (χ4n) is 8.77. The summed E-state index contributed by atoms with van der Waals surface area (Å²) in [5.41, 5.74) is 4.24. The van der Waals surface area contributed by atoms with Crippen molar-refractivity contribution >= 4 is 11.9 Å². The molecule has 10 atom stereocenters. The van der Waals surface area contributed by atoms with E-state index in [2.05, 4.69) is 17.3 Å². The number of methoxy groups -OCH3 is 1. The quantitative estimate of drug-likeness (QED) is 0.468. The van der Waals surface area contributed by atoms with Crippen molar-refractivity contribution in [1.82, 2.24) is 10.2 Å². The van der Waals surface area contributed by atoms with Crippen LogP contribution in [0.1, 0.15) is 65.7 Å². The summed E-state index contributed by atoms with van der Waals surface area (Å²) in [5, 5.41) is 14.5. The Balaban J connectivity index is 1.51. The molecule has 2 bridgehead atoms. The molecule has 5 aliphatic rings. The average molecular weight is 494 g/mol. The van der Waals surface area contributed by atoms with Gasteiger partial charge >= 0.3 is 5.97 Å². The number of rotatable bonds is 6. The van der Waals surface area contributed by atoms with Crippen LogP contribution >= 0.6 is 0 Å². The lowest BCUT2D eigenvalue weighted by Gasteiger charge is -2.69. The largest absolute Gasteiger partial charge is 0.459 e. The molecule has 6 unspecified atom stereocenters. The van der Waals surface area contributed by atoms with E-state index < -0.39 is 29.6 Å². The molecule has 5 rings (SSSR count). The Hall–Kier alpha value is -1.26. The first-order valence-corrected chi connectivity index (χ1v) is 13.3. The van der Waals surface area contributed by atoms with Crippen LogP contribution in [0, 0.1) is 17.3 Å². The third-order valence-corrected chi connectivity index (χ3v) is 9.81. The number of carbonyl (C=O) groups excluding carboxylic acids is 2. The van der Waals surface area contributed by atoms with Crippen LogP contribution in [-0.2, 0) is 23.8 Å². The van der Waals surface area contributed by atoms with E-state index in [1.807, 2.05) is 27.9 Å². The minimum Gasteiger partial charge on any atom is -0.459 e. The predicted molar refractivity (Wildman–Crippen MR) is 128 cm³/mol. The first-order valence-electron chi connectivity index (χ1n) is 13.3. The molecule has 0 aromatic rings. The average Bonchev–Trinajstić information content (AvgIpc) is 3.13. The molecule has 4 N–H and O–H groups in total. The number of nitrogens with one attached hydrogen (secondary N) is 1. The Labute approximate surface area is 208 Å². The topological polar surface area (TPSA) is 123 Å². The number of nitrogens with zero attached hydrogens (tertiary/aromatic N) is 1. The summed E-state index contributed by atoms with van der Waals surface area (Å²) in [6, 6.07) is -0.715. The van der Waals surface area contributed by atoms with Crippen LogP contribution in [0.25, 0.3) is 0 Å². The number of aliphatic hydroxyl groups excluding tert-OH is 1. The van der Waals surface area contributed by atoms with Crippen LogP contribution in [0.5, 0.6) is 0 Å². The minimum atomic E-state index is -0.847. The standard InChI is InChI=1S/C26H43N3O6/c1-24(2,3)35-23(32)16(13-19(27)31)28-15-8-9-26(33-5)18-12-14-6-7-17(30)21-20(14)25(26,22(15)34-21)10-11-29(18)4/h14-18,20-22,28,30H,6-13H2,1-5H3,(H2,27,31)/t14?,15?,16-,17?,18?,20?,21?,22-,25-,26+/m0/s1. The molecule has 1 amide bonds. The Morgan fingerprint density at radius 3 is 2.66 bits per heavy atom. The number of ether oxygens (including phenoxy) is 3. The molecular formula is C26H43N3O6. The molecule has 198 valence electrons. The fraction of sp³-hybridized carbons (Fsp3) is 0.923. The smallest absolute Gasteiger partial charge is 0.324 e. The number of likely N-dealkylation sites (tertiary alicyclic amines) is 1. The van der Waals surface area contributed by atoms with Crippen molar-refractivity contribution in [3.8, 4) is 0 Å². The molecule has 2 saturated heterocycles. The van der Waals surface area contributed by atoms with Gasteiger partial charge in [0, 0.05) is 30.5 Å². The van der Waals surface area contributed by atoms with E-state index in [1.54, 1.807) is 0 Å². The number of amides is 1. The molecular weight excluding hydrogens is 450 g/mol. The lowest BCUT2D eigenvalue weighted by atomic mass is 9.42. The van der Waals surface area contributed by atoms with E-state index in [0.29, 0.717) is 12.0 Å². The number of piperidine rings is 1. The summed E-state index contributed by atoms with van der Waals surface area (Å²) in [7, 11) is 4.04. The second-order valence-corrected chi connectivity index (χ2v) is 12.6. The summed E-state index contributed by atoms with van der Waals surface area (Å²) < 4.78 is 19.0. The van der Waals surface area contributed by atoms with Crippen LogP contribution in [0.2, 0.25) is 0 Å². The highest BCUT2D eigenvalue weighted by Gasteiger charge is 2.78. The SMILES string of the molecule is CO[C@]12CCC(N[C@@H](CC(N)=O)C(=O)OC(C)(C)C)[C@@H]3OC4C(O)CCC5CC1N(C)CC[C@]32C54. The lowest BCUT2D eigenvalue weighted by Crippen LogP contribution is -2.78. The molecule has 3 saturated carbocycles. The van der Waals surface area contributed by atoms with Crippen LogP contribution < -0.4 is 11.1 Å². The van der Waals surface area contributed by atoms with Crippen molar-refractivity contribution in [2.45, 2.75) is 113 Å². The zero-order chi connectivity index (χ0) is 25.3. The van der Waals surface area contributed by atoms with Gasteiger partial charge in [-0.3, -0.25) is 14.9 Å². The van der Waals surface area contributed by atoms with Crippen molar-refractivity contribution in [3.05, 3.63) is 0 Å². The van der Waals surface area contributed by atoms with E-state index >= 15 is 0 Å². The van der Waals surface area contributed by atoms with Gasteiger partial charge in [-0.1, -0.05) is 0 Å². The number of hydrogen-bond donors (Lipinski definition) is 3. The summed E-state index contributed by atoms with van der Waals surface area (Å²) in [6.45, 7) is 6.38. The van der Waals surface area contributed by atoms with E-state index in [-0.39, 0.29) is 41.6 Å². The number of esters is 1. The zero-order valence-electron chi connectivity index (χ0n) is 21.8. The van der Waals surface area contributed by atoms with Crippen molar-refractivity contribution in [2.75, 3.05) is 20.7 Å². The molecule has 9 nitrogen and oxygen atoms in total. The molecule has 35 heavy (non-hydrogen) atoms. The Kier molecular flexibility index (Phi) is 6.28. The first kappa shape index (κ1) is 25.4. The molecule has 9 heteroatoms. The number of aliphatic hydroxyl groups is 1. The van der Waals surface area contributed by atoms with Gasteiger partial charge in [-0.2, -0.15) is 0 Å². The third-order valence-electron chi connectivity index (χ3n) is 9.81. The second kappa shape index (κ2) is 8.65. The Morgan fingerprint density at radius 1 is 1.26 bits per heavy atom. The van der Waals surface area contributed by atoms with Crippen molar-refractivity contribution in [2.24, 2.45) is 23.0 Å². The van der Waals surface area contributed by atoms with Gasteiger partial charge in [0.05, 0.1) is 30.3 Å². The second-order valence-electron chi connectivity index (χ2n) is 12.6. The van der Waals surface area contributed by atoms with Crippen LogP contribution in [0.15, 0.2) is 0 Å². The zero-order valence-corrected chi connectivity index (χ0v) is 21.8. The monoisotopic (exact) mass is 493 g/mol. The molecule has 3 aliphatic carbocycles. The van der Waals surface area contributed by atoms with Crippen molar-refractivity contribution in [1.29, 1.82) is 0 Å². The number of hydrogen-bond acceptors (Lipinski definition) is 8. The van der Waals surface area contributed by atoms with Gasteiger partial charge in [-0.25, -0.2) is 0 Å². The molecule has 2 aliphatic heterocycles. The normalized spacial score (nSPS) is 45.5. The number of primary amides is 1. The maximum atomic E-state index is 13.1. The molecule has 1 spiro atoms. The van der Waals surface area contributed by atoms with Gasteiger partial charge in [0.2, 0.25) is 5.91 Å². The summed E-state index contributed by atoms with van der Waals surface area (Å²) >= 11 is 0. The third kappa shape index (κ3) is 3.76. The van der Waals surface area contributed by atoms with Gasteiger partial charge in [0.15, 0.2) is 0 Å². The van der Waals surface area contributed by atoms with Crippen molar-refractivity contribution < 1.29 is 28.9 Å². The fourth-order valence-corrected chi connectivity index (χ4v) is 8.77. The van der Waals surface area contributed by atoms with Gasteiger partial charge in [0.1, 0.15) is 11.6 Å². The summed E-state index contributed by atoms with van der Waals surface area (Å²) in [5.74, 6) is -0.324. The van der Waals surface area contributed by atoms with Crippen LogP contribution in [0.4, 0.5) is 0 Å². The molecule has 0 radical (unpaired) electrons. The van der Waals surface area contributed by atoms with E-state index in [4.69, 9.17) is 19.9 Å². The van der Waals surface area contributed by atoms with Gasteiger partial charge in [-0.05, 0) is 78.8 Å². The number of nitrogens with two attached hydrogens (primary N) is 1. The van der Waals surface area contributed by atoms with E-state index in [0.717, 1.165) is 45.1 Å². The number of carbonyl (C=O) groups is 2. The Morgan fingerprint density at radius 2 is 2.00 bits per heavy atom. The first-order chi connectivity index (χ1) is 16.4. The highest BCUT2D eigenvalue weighted by atomic mass is 16.6. The highest BCUT2D eigenvalue weighted by molar-refractivity contribution is 5.84. The maximum absolute atomic E-state index is 13.1. The van der Waals surface area contributed by atoms with Crippen LogP contribution in [-0.4, -0.2) is 90.2 Å². The van der Waals surface area contributed by atoms with E-state index in [9.17, 15) is 14.7 Å². The van der Waals surface area contributed by atoms with E-state index in [1.165, 1.54) is 0 Å². The lowest BCUT2D eigenvalue weighted by molar-refractivity contribution is -0.269. The van der Waals surface area contributed by atoms with Crippen molar-refractivity contribution in [3.63, 3.8) is 0 Å². The van der Waals surface area contributed by atoms with Gasteiger partial charge in [-0.15, -0.1) is 0 Å². The molecule has 2 heterocycles. The highest BCUT2D eigenvalue weighted by Crippen LogP contribution is 2.70. The predicted octanol–water partition coefficient (Wildman–Crippen LogP) is 0.958. The van der Waals surface area contributed by atoms with Gasteiger partial charge in [0.25, 0.3) is 0 Å². The molecule has 0 aromatic heterocycles.